The third-order valence-electron chi connectivity index (χ3n) is 3.69. The van der Waals surface area contributed by atoms with Gasteiger partial charge in [0, 0.05) is 0 Å². The largest absolute Gasteiger partial charge is 0.0808 e. The van der Waals surface area contributed by atoms with Crippen LogP contribution in [0.3, 0.4) is 0 Å². The van der Waals surface area contributed by atoms with Gasteiger partial charge < -0.3 is 0 Å². The Kier molecular flexibility index (Phi) is 2.31. The van der Waals surface area contributed by atoms with Gasteiger partial charge in [-0.1, -0.05) is 44.6 Å². The second kappa shape index (κ2) is 3.32. The van der Waals surface area contributed by atoms with Crippen molar-refractivity contribution in [3.05, 3.63) is 24.3 Å². The quantitative estimate of drug-likeness (QED) is 0.597. The summed E-state index contributed by atoms with van der Waals surface area (Å²) in [5.41, 5.74) is 0.628. The normalized spacial score (nSPS) is 42.3. The van der Waals surface area contributed by atoms with Gasteiger partial charge in [-0.25, -0.2) is 0 Å². The highest BCUT2D eigenvalue weighted by Crippen LogP contribution is 2.50. The average Bonchev–Trinajstić information content (AvgIpc) is 2.40. The fourth-order valence-electron chi connectivity index (χ4n) is 3.17. The summed E-state index contributed by atoms with van der Waals surface area (Å²) < 4.78 is 0. The lowest BCUT2D eigenvalue weighted by atomic mass is 9.83. The summed E-state index contributed by atoms with van der Waals surface area (Å²) in [6, 6.07) is 0. The SMILES string of the molecule is CCCC1(C)CC2C=CC=CC2C1. The molecule has 2 unspecified atom stereocenters. The zero-order valence-electron chi connectivity index (χ0n) is 8.79. The van der Waals surface area contributed by atoms with E-state index in [4.69, 9.17) is 0 Å². The molecule has 2 aliphatic carbocycles. The summed E-state index contributed by atoms with van der Waals surface area (Å²) in [6.45, 7) is 4.77. The van der Waals surface area contributed by atoms with Crippen LogP contribution in [0.5, 0.6) is 0 Å². The van der Waals surface area contributed by atoms with Crippen LogP contribution >= 0.6 is 0 Å². The third-order valence-corrected chi connectivity index (χ3v) is 3.69. The molecule has 1 saturated carbocycles. The highest BCUT2D eigenvalue weighted by molar-refractivity contribution is 5.18. The van der Waals surface area contributed by atoms with Gasteiger partial charge in [0.15, 0.2) is 0 Å². The minimum absolute atomic E-state index is 0.628. The van der Waals surface area contributed by atoms with Crippen LogP contribution < -0.4 is 0 Å². The predicted molar refractivity (Wildman–Crippen MR) is 57.5 cm³/mol. The molecule has 2 rings (SSSR count). The maximum absolute atomic E-state index is 2.47. The summed E-state index contributed by atoms with van der Waals surface area (Å²) in [4.78, 5) is 0. The maximum atomic E-state index is 2.47. The van der Waals surface area contributed by atoms with Gasteiger partial charge in [-0.05, 0) is 36.5 Å². The molecule has 1 fully saturated rings. The van der Waals surface area contributed by atoms with Crippen LogP contribution in [0, 0.1) is 17.3 Å². The molecule has 0 nitrogen and oxygen atoms in total. The topological polar surface area (TPSA) is 0 Å². The van der Waals surface area contributed by atoms with Gasteiger partial charge in [0.05, 0.1) is 0 Å². The lowest BCUT2D eigenvalue weighted by Gasteiger charge is -2.22. The van der Waals surface area contributed by atoms with E-state index < -0.39 is 0 Å². The first-order valence-corrected chi connectivity index (χ1v) is 5.58. The van der Waals surface area contributed by atoms with Crippen molar-refractivity contribution in [2.45, 2.75) is 39.5 Å². The molecule has 0 aromatic rings. The lowest BCUT2D eigenvalue weighted by Crippen LogP contribution is -2.10. The number of hydrogen-bond donors (Lipinski definition) is 0. The monoisotopic (exact) mass is 176 g/mol. The lowest BCUT2D eigenvalue weighted by molar-refractivity contribution is 0.294. The summed E-state index contributed by atoms with van der Waals surface area (Å²) in [5.74, 6) is 1.70. The van der Waals surface area contributed by atoms with Crippen molar-refractivity contribution in [1.29, 1.82) is 0 Å². The molecule has 72 valence electrons. The molecule has 0 heteroatoms. The Hall–Kier alpha value is -0.520. The first-order chi connectivity index (χ1) is 6.23. The molecule has 0 aromatic carbocycles. The first kappa shape index (κ1) is 9.05. The smallest absolute Gasteiger partial charge is 0.0162 e. The maximum Gasteiger partial charge on any atom is -0.0162 e. The van der Waals surface area contributed by atoms with Crippen molar-refractivity contribution < 1.29 is 0 Å². The number of hydrogen-bond acceptors (Lipinski definition) is 0. The molecular weight excluding hydrogens is 156 g/mol. The number of fused-ring (bicyclic) bond motifs is 1. The van der Waals surface area contributed by atoms with E-state index in [-0.39, 0.29) is 0 Å². The Bertz CT molecular complexity index is 214. The molecule has 0 N–H and O–H groups in total. The fraction of sp³-hybridized carbons (Fsp3) is 0.692. The Morgan fingerprint density at radius 3 is 2.15 bits per heavy atom. The van der Waals surface area contributed by atoms with Gasteiger partial charge in [0.25, 0.3) is 0 Å². The highest BCUT2D eigenvalue weighted by Gasteiger charge is 2.39. The Morgan fingerprint density at radius 2 is 1.69 bits per heavy atom. The van der Waals surface area contributed by atoms with Crippen LogP contribution in [0.25, 0.3) is 0 Å². The minimum Gasteiger partial charge on any atom is -0.0808 e. The van der Waals surface area contributed by atoms with Crippen LogP contribution in [0.15, 0.2) is 24.3 Å². The van der Waals surface area contributed by atoms with Crippen LogP contribution in [0.1, 0.15) is 39.5 Å². The van der Waals surface area contributed by atoms with E-state index in [0.717, 1.165) is 11.8 Å². The number of allylic oxidation sites excluding steroid dienone is 4. The minimum atomic E-state index is 0.628. The van der Waals surface area contributed by atoms with Crippen LogP contribution in [-0.4, -0.2) is 0 Å². The van der Waals surface area contributed by atoms with Crippen LogP contribution in [-0.2, 0) is 0 Å². The van der Waals surface area contributed by atoms with Crippen molar-refractivity contribution in [3.8, 4) is 0 Å². The number of rotatable bonds is 2. The van der Waals surface area contributed by atoms with Crippen molar-refractivity contribution in [1.82, 2.24) is 0 Å². The van der Waals surface area contributed by atoms with Crippen molar-refractivity contribution in [2.75, 3.05) is 0 Å². The van der Waals surface area contributed by atoms with E-state index >= 15 is 0 Å². The molecule has 0 amide bonds. The van der Waals surface area contributed by atoms with E-state index in [2.05, 4.69) is 38.2 Å². The molecule has 2 aliphatic rings. The van der Waals surface area contributed by atoms with Gasteiger partial charge in [-0.15, -0.1) is 0 Å². The Labute approximate surface area is 81.7 Å². The van der Waals surface area contributed by atoms with Crippen molar-refractivity contribution in [2.24, 2.45) is 17.3 Å². The van der Waals surface area contributed by atoms with Crippen LogP contribution in [0.2, 0.25) is 0 Å². The van der Waals surface area contributed by atoms with E-state index in [1.54, 1.807) is 0 Å². The average molecular weight is 176 g/mol. The van der Waals surface area contributed by atoms with Crippen LogP contribution in [0.4, 0.5) is 0 Å². The van der Waals surface area contributed by atoms with E-state index in [9.17, 15) is 0 Å². The fourth-order valence-corrected chi connectivity index (χ4v) is 3.17. The predicted octanol–water partition coefficient (Wildman–Crippen LogP) is 3.95. The zero-order valence-corrected chi connectivity index (χ0v) is 8.79. The second-order valence-electron chi connectivity index (χ2n) is 5.07. The third kappa shape index (κ3) is 1.72. The van der Waals surface area contributed by atoms with E-state index in [1.807, 2.05) is 0 Å². The van der Waals surface area contributed by atoms with Gasteiger partial charge in [-0.2, -0.15) is 0 Å². The summed E-state index contributed by atoms with van der Waals surface area (Å²) in [6.07, 6.45) is 14.8. The Balaban J connectivity index is 2.07. The first-order valence-electron chi connectivity index (χ1n) is 5.58. The molecule has 0 spiro atoms. The second-order valence-corrected chi connectivity index (χ2v) is 5.07. The molecule has 13 heavy (non-hydrogen) atoms. The molecule has 0 aliphatic heterocycles. The molecule has 0 aromatic heterocycles. The highest BCUT2D eigenvalue weighted by atomic mass is 14.4. The van der Waals surface area contributed by atoms with Gasteiger partial charge in [0.2, 0.25) is 0 Å². The molecule has 0 bridgehead atoms. The molecule has 0 radical (unpaired) electrons. The van der Waals surface area contributed by atoms with Crippen molar-refractivity contribution >= 4 is 0 Å². The Morgan fingerprint density at radius 1 is 1.15 bits per heavy atom. The summed E-state index contributed by atoms with van der Waals surface area (Å²) in [5, 5.41) is 0. The zero-order chi connectivity index (χ0) is 9.31. The van der Waals surface area contributed by atoms with Gasteiger partial charge >= 0.3 is 0 Å². The van der Waals surface area contributed by atoms with Crippen molar-refractivity contribution in [3.63, 3.8) is 0 Å². The molecule has 0 saturated heterocycles. The molecule has 0 heterocycles. The molecular formula is C13H20. The van der Waals surface area contributed by atoms with E-state index in [1.165, 1.54) is 25.7 Å². The van der Waals surface area contributed by atoms with Gasteiger partial charge in [0.1, 0.15) is 0 Å². The molecule has 2 atom stereocenters. The summed E-state index contributed by atoms with van der Waals surface area (Å²) in [7, 11) is 0. The summed E-state index contributed by atoms with van der Waals surface area (Å²) >= 11 is 0. The van der Waals surface area contributed by atoms with E-state index in [0.29, 0.717) is 5.41 Å². The standard InChI is InChI=1S/C13H20/c1-3-8-13(2)9-11-6-4-5-7-12(11)10-13/h4-7,11-12H,3,8-10H2,1-2H3. The van der Waals surface area contributed by atoms with Gasteiger partial charge in [-0.3, -0.25) is 0 Å².